The van der Waals surface area contributed by atoms with Crippen LogP contribution < -0.4 is 9.47 Å². The molecule has 2 aromatic carbocycles. The van der Waals surface area contributed by atoms with Gasteiger partial charge in [-0.05, 0) is 46.2 Å². The van der Waals surface area contributed by atoms with Crippen LogP contribution in [0, 0.1) is 0 Å². The zero-order chi connectivity index (χ0) is 16.8. The summed E-state index contributed by atoms with van der Waals surface area (Å²) in [6, 6.07) is 9.26. The average molecular weight is 322 g/mol. The van der Waals surface area contributed by atoms with Crippen LogP contribution in [0.25, 0.3) is 11.1 Å². The highest BCUT2D eigenvalue weighted by molar-refractivity contribution is 5.79. The van der Waals surface area contributed by atoms with E-state index >= 15 is 0 Å². The van der Waals surface area contributed by atoms with Gasteiger partial charge in [0.05, 0.1) is 13.2 Å². The molecular formula is C22H26O2. The summed E-state index contributed by atoms with van der Waals surface area (Å²) >= 11 is 0. The minimum Gasteiger partial charge on any atom is -0.493 e. The maximum Gasteiger partial charge on any atom is 0.130 e. The highest BCUT2D eigenvalue weighted by Crippen LogP contribution is 2.45. The molecule has 0 radical (unpaired) electrons. The highest BCUT2D eigenvalue weighted by Gasteiger charge is 2.25. The largest absolute Gasteiger partial charge is 0.493 e. The number of hydrogen-bond acceptors (Lipinski definition) is 2. The Balaban J connectivity index is 1.97. The van der Waals surface area contributed by atoms with E-state index in [0.29, 0.717) is 11.8 Å². The van der Waals surface area contributed by atoms with E-state index in [0.717, 1.165) is 37.6 Å². The molecule has 0 aromatic heterocycles. The molecule has 0 bridgehead atoms. The predicted octanol–water partition coefficient (Wildman–Crippen LogP) is 5.47. The standard InChI is InChI=1S/C22H26O2/c1-13(2)16-9-15-5-7-24-22(15)20(11-16)19-10-17(14(3)4)12-21-18(19)6-8-23-21/h9-14H,5-8H2,1-4H3. The molecule has 0 N–H and O–H groups in total. The fraction of sp³-hybridized carbons (Fsp3) is 0.455. The number of rotatable bonds is 3. The Hall–Kier alpha value is -1.96. The molecule has 0 unspecified atom stereocenters. The van der Waals surface area contributed by atoms with Crippen LogP contribution in [0.2, 0.25) is 0 Å². The third-order valence-electron chi connectivity index (χ3n) is 5.27. The Kier molecular flexibility index (Phi) is 3.79. The first kappa shape index (κ1) is 15.6. The molecule has 2 nitrogen and oxygen atoms in total. The summed E-state index contributed by atoms with van der Waals surface area (Å²) in [5.74, 6) is 3.17. The van der Waals surface area contributed by atoms with E-state index in [4.69, 9.17) is 9.47 Å². The molecule has 4 rings (SSSR count). The van der Waals surface area contributed by atoms with Crippen molar-refractivity contribution in [2.24, 2.45) is 0 Å². The first-order chi connectivity index (χ1) is 11.5. The summed E-state index contributed by atoms with van der Waals surface area (Å²) in [4.78, 5) is 0. The third kappa shape index (κ3) is 2.49. The minimum atomic E-state index is 0.487. The van der Waals surface area contributed by atoms with Gasteiger partial charge in [-0.15, -0.1) is 0 Å². The van der Waals surface area contributed by atoms with Gasteiger partial charge in [0.2, 0.25) is 0 Å². The molecule has 0 atom stereocenters. The average Bonchev–Trinajstić information content (AvgIpc) is 3.21. The van der Waals surface area contributed by atoms with Crippen LogP contribution in [0.5, 0.6) is 11.5 Å². The summed E-state index contributed by atoms with van der Waals surface area (Å²) in [6.07, 6.45) is 2.01. The van der Waals surface area contributed by atoms with Crippen molar-refractivity contribution in [3.05, 3.63) is 46.5 Å². The molecule has 0 aliphatic carbocycles. The van der Waals surface area contributed by atoms with Gasteiger partial charge in [-0.2, -0.15) is 0 Å². The summed E-state index contributed by atoms with van der Waals surface area (Å²) in [5.41, 5.74) is 8.02. The minimum absolute atomic E-state index is 0.487. The maximum absolute atomic E-state index is 6.04. The van der Waals surface area contributed by atoms with Gasteiger partial charge in [-0.1, -0.05) is 39.8 Å². The van der Waals surface area contributed by atoms with Gasteiger partial charge in [-0.25, -0.2) is 0 Å². The summed E-state index contributed by atoms with van der Waals surface area (Å²) in [6.45, 7) is 10.6. The molecular weight excluding hydrogens is 296 g/mol. The molecule has 0 fully saturated rings. The molecule has 2 heteroatoms. The van der Waals surface area contributed by atoms with Gasteiger partial charge in [0, 0.05) is 24.0 Å². The van der Waals surface area contributed by atoms with Crippen molar-refractivity contribution in [2.75, 3.05) is 13.2 Å². The molecule has 126 valence electrons. The van der Waals surface area contributed by atoms with Crippen molar-refractivity contribution in [2.45, 2.75) is 52.4 Å². The zero-order valence-electron chi connectivity index (χ0n) is 15.1. The molecule has 0 amide bonds. The van der Waals surface area contributed by atoms with Gasteiger partial charge >= 0.3 is 0 Å². The lowest BCUT2D eigenvalue weighted by atomic mass is 9.88. The topological polar surface area (TPSA) is 18.5 Å². The van der Waals surface area contributed by atoms with Crippen LogP contribution >= 0.6 is 0 Å². The van der Waals surface area contributed by atoms with Crippen molar-refractivity contribution in [1.82, 2.24) is 0 Å². The lowest BCUT2D eigenvalue weighted by Crippen LogP contribution is -1.97. The second-order valence-electron chi connectivity index (χ2n) is 7.61. The SMILES string of the molecule is CC(C)c1cc2c(c(-c3cc(C(C)C)cc4c3OCC4)c1)CCO2. The molecule has 0 saturated carbocycles. The zero-order valence-corrected chi connectivity index (χ0v) is 15.1. The second kappa shape index (κ2) is 5.84. The van der Waals surface area contributed by atoms with Crippen LogP contribution in [0.4, 0.5) is 0 Å². The van der Waals surface area contributed by atoms with Gasteiger partial charge in [-0.3, -0.25) is 0 Å². The summed E-state index contributed by atoms with van der Waals surface area (Å²) < 4.78 is 11.9. The van der Waals surface area contributed by atoms with Gasteiger partial charge < -0.3 is 9.47 Å². The monoisotopic (exact) mass is 322 g/mol. The molecule has 0 saturated heterocycles. The van der Waals surface area contributed by atoms with Gasteiger partial charge in [0.15, 0.2) is 0 Å². The van der Waals surface area contributed by atoms with E-state index in [9.17, 15) is 0 Å². The van der Waals surface area contributed by atoms with Crippen LogP contribution in [-0.4, -0.2) is 13.2 Å². The van der Waals surface area contributed by atoms with Crippen molar-refractivity contribution < 1.29 is 9.47 Å². The molecule has 24 heavy (non-hydrogen) atoms. The van der Waals surface area contributed by atoms with Crippen molar-refractivity contribution in [1.29, 1.82) is 0 Å². The Labute approximate surface area is 144 Å². The van der Waals surface area contributed by atoms with Gasteiger partial charge in [0.1, 0.15) is 11.5 Å². The third-order valence-corrected chi connectivity index (χ3v) is 5.27. The molecule has 2 aliphatic heterocycles. The van der Waals surface area contributed by atoms with Crippen LogP contribution in [0.1, 0.15) is 61.8 Å². The highest BCUT2D eigenvalue weighted by atomic mass is 16.5. The smallest absolute Gasteiger partial charge is 0.130 e. The van der Waals surface area contributed by atoms with E-state index in [1.165, 1.54) is 33.4 Å². The Morgan fingerprint density at radius 2 is 1.42 bits per heavy atom. The van der Waals surface area contributed by atoms with E-state index < -0.39 is 0 Å². The first-order valence-electron chi connectivity index (χ1n) is 9.14. The first-order valence-corrected chi connectivity index (χ1v) is 9.14. The Morgan fingerprint density at radius 3 is 2.17 bits per heavy atom. The number of hydrogen-bond donors (Lipinski definition) is 0. The Bertz CT molecular complexity index is 720. The van der Waals surface area contributed by atoms with Crippen LogP contribution in [0.3, 0.4) is 0 Å². The lowest BCUT2D eigenvalue weighted by Gasteiger charge is -2.17. The van der Waals surface area contributed by atoms with E-state index in [-0.39, 0.29) is 0 Å². The van der Waals surface area contributed by atoms with Crippen LogP contribution in [0.15, 0.2) is 24.3 Å². The summed E-state index contributed by atoms with van der Waals surface area (Å²) in [5, 5.41) is 0. The fourth-order valence-electron chi connectivity index (χ4n) is 3.76. The quantitative estimate of drug-likeness (QED) is 0.746. The number of ether oxygens (including phenoxy) is 2. The second-order valence-corrected chi connectivity index (χ2v) is 7.61. The lowest BCUT2D eigenvalue weighted by molar-refractivity contribution is 0.356. The van der Waals surface area contributed by atoms with Crippen molar-refractivity contribution in [3.8, 4) is 22.6 Å². The predicted molar refractivity (Wildman–Crippen MR) is 98.5 cm³/mol. The van der Waals surface area contributed by atoms with E-state index in [2.05, 4.69) is 52.0 Å². The van der Waals surface area contributed by atoms with E-state index in [1.54, 1.807) is 0 Å². The maximum atomic E-state index is 6.04. The molecule has 0 spiro atoms. The number of benzene rings is 2. The molecule has 2 aliphatic rings. The fourth-order valence-corrected chi connectivity index (χ4v) is 3.76. The summed E-state index contributed by atoms with van der Waals surface area (Å²) in [7, 11) is 0. The molecule has 2 heterocycles. The normalized spacial score (nSPS) is 15.4. The Morgan fingerprint density at radius 1 is 0.750 bits per heavy atom. The van der Waals surface area contributed by atoms with Gasteiger partial charge in [0.25, 0.3) is 0 Å². The molecule has 2 aromatic rings. The van der Waals surface area contributed by atoms with E-state index in [1.807, 2.05) is 0 Å². The van der Waals surface area contributed by atoms with Crippen molar-refractivity contribution >= 4 is 0 Å². The number of fused-ring (bicyclic) bond motifs is 2. The van der Waals surface area contributed by atoms with Crippen LogP contribution in [-0.2, 0) is 12.8 Å². The van der Waals surface area contributed by atoms with Crippen molar-refractivity contribution in [3.63, 3.8) is 0 Å².